The van der Waals surface area contributed by atoms with Gasteiger partial charge in [-0.15, -0.1) is 11.3 Å². The molecule has 4 nitrogen and oxygen atoms in total. The van der Waals surface area contributed by atoms with Gasteiger partial charge < -0.3 is 4.42 Å². The molecule has 0 fully saturated rings. The van der Waals surface area contributed by atoms with E-state index in [2.05, 4.69) is 0 Å². The molecule has 0 saturated carbocycles. The third-order valence-electron chi connectivity index (χ3n) is 8.61. The zero-order valence-electron chi connectivity index (χ0n) is 36.9. The van der Waals surface area contributed by atoms with Gasteiger partial charge >= 0.3 is 0 Å². The van der Waals surface area contributed by atoms with E-state index in [-0.39, 0.29) is 54.3 Å². The van der Waals surface area contributed by atoms with Crippen LogP contribution in [0.1, 0.15) is 15.1 Å². The van der Waals surface area contributed by atoms with Crippen molar-refractivity contribution in [2.45, 2.75) is 0 Å². The predicted molar refractivity (Wildman–Crippen MR) is 207 cm³/mol. The maximum Gasteiger partial charge on any atom is 0.165 e. The van der Waals surface area contributed by atoms with Gasteiger partial charge in [-0.25, -0.2) is 15.0 Å². The molecule has 0 aliphatic carbocycles. The van der Waals surface area contributed by atoms with Gasteiger partial charge in [0.05, 0.1) is 15.1 Å². The Balaban J connectivity index is 1.27. The lowest BCUT2D eigenvalue weighted by Gasteiger charge is -2.10. The third-order valence-corrected chi connectivity index (χ3v) is 9.83. The largest absolute Gasteiger partial charge is 0.456 e. The fourth-order valence-electron chi connectivity index (χ4n) is 6.21. The highest BCUT2D eigenvalue weighted by atomic mass is 32.1. The summed E-state index contributed by atoms with van der Waals surface area (Å²) in [6.07, 6.45) is 0. The van der Waals surface area contributed by atoms with Gasteiger partial charge in [-0.2, -0.15) is 0 Å². The van der Waals surface area contributed by atoms with E-state index in [0.717, 1.165) is 33.2 Å². The zero-order valence-corrected chi connectivity index (χ0v) is 26.7. The SMILES string of the molecule is [2H]c1c([2H])c([2H])c(-c2c([2H])c([2H])c([2H])c3c2sc2c(-c4nc(-c5ccc(-c6ccccc6)cc5)nc(-c5ccc6c(c5)oc5ccccc56)n4)c([2H])c([2H])c([2H])c23)c([2H])c1[2H]. The van der Waals surface area contributed by atoms with Crippen molar-refractivity contribution in [1.29, 1.82) is 0 Å². The fourth-order valence-corrected chi connectivity index (χ4v) is 7.42. The van der Waals surface area contributed by atoms with E-state index in [1.807, 2.05) is 97.1 Å². The minimum Gasteiger partial charge on any atom is -0.456 e. The van der Waals surface area contributed by atoms with Gasteiger partial charge in [0, 0.05) is 47.6 Å². The van der Waals surface area contributed by atoms with Crippen molar-refractivity contribution >= 4 is 53.4 Å². The number of rotatable bonds is 5. The zero-order chi connectivity index (χ0) is 42.6. The quantitative estimate of drug-likeness (QED) is 0.183. The molecule has 0 spiro atoms. The molecule has 3 heterocycles. The molecule has 0 N–H and O–H groups in total. The average molecular weight is 669 g/mol. The van der Waals surface area contributed by atoms with Crippen LogP contribution in [-0.4, -0.2) is 15.0 Å². The van der Waals surface area contributed by atoms with E-state index in [1.165, 1.54) is 0 Å². The molecule has 0 aliphatic heterocycles. The number of benzene rings is 7. The van der Waals surface area contributed by atoms with Gasteiger partial charge in [-0.3, -0.25) is 0 Å². The minimum absolute atomic E-state index is 0.0162. The molecular weight excluding hydrogens is 631 g/mol. The molecule has 10 rings (SSSR count). The van der Waals surface area contributed by atoms with Crippen molar-refractivity contribution in [3.63, 3.8) is 0 Å². The van der Waals surface area contributed by atoms with E-state index in [1.54, 1.807) is 0 Å². The lowest BCUT2D eigenvalue weighted by atomic mass is 10.0. The Bertz CT molecular complexity index is 3470. The van der Waals surface area contributed by atoms with Crippen LogP contribution in [0, 0.1) is 0 Å². The molecule has 7 aromatic carbocycles. The van der Waals surface area contributed by atoms with E-state index in [4.69, 9.17) is 33.1 Å². The maximum atomic E-state index is 9.31. The first-order valence-corrected chi connectivity index (χ1v) is 16.5. The van der Waals surface area contributed by atoms with Crippen LogP contribution in [0.2, 0.25) is 0 Å². The standard InChI is InChI=1S/C45H27N3OS/c1-3-11-28(12-4-1)29-21-23-31(24-22-29)43-46-44(32-25-26-35-34-15-7-8-20-39(34)49-40(35)27-32)48-45(47-43)38-19-10-18-37-36-17-9-16-33(41(36)50-42(37)38)30-13-5-2-6-14-30/h1-27H/i2D,5D,6D,9D,10D,13D,14D,16D,17D,18D,19D. The van der Waals surface area contributed by atoms with Crippen LogP contribution in [0.25, 0.3) is 98.5 Å². The van der Waals surface area contributed by atoms with Crippen LogP contribution >= 0.6 is 11.3 Å². The molecule has 10 aromatic rings. The summed E-state index contributed by atoms with van der Waals surface area (Å²) in [7, 11) is 0. The molecule has 0 bridgehead atoms. The molecule has 0 aliphatic rings. The molecule has 5 heteroatoms. The summed E-state index contributed by atoms with van der Waals surface area (Å²) in [4.78, 5) is 14.7. The normalized spacial score (nSPS) is 14.7. The fraction of sp³-hybridized carbons (Fsp3) is 0. The second-order valence-corrected chi connectivity index (χ2v) is 12.6. The molecule has 50 heavy (non-hydrogen) atoms. The molecule has 0 radical (unpaired) electrons. The van der Waals surface area contributed by atoms with Crippen LogP contribution in [0.4, 0.5) is 0 Å². The second-order valence-electron chi connectivity index (χ2n) is 11.6. The van der Waals surface area contributed by atoms with Crippen molar-refractivity contribution in [1.82, 2.24) is 15.0 Å². The number of nitrogens with zero attached hydrogens (tertiary/aromatic N) is 3. The average Bonchev–Trinajstić information content (AvgIpc) is 3.86. The molecular formula is C45H27N3OS. The first-order chi connectivity index (χ1) is 29.3. The highest BCUT2D eigenvalue weighted by Gasteiger charge is 2.19. The Morgan fingerprint density at radius 1 is 0.420 bits per heavy atom. The second kappa shape index (κ2) is 11.6. The highest BCUT2D eigenvalue weighted by molar-refractivity contribution is 7.26. The van der Waals surface area contributed by atoms with Gasteiger partial charge in [0.25, 0.3) is 0 Å². The van der Waals surface area contributed by atoms with Crippen molar-refractivity contribution in [2.75, 3.05) is 0 Å². The summed E-state index contributed by atoms with van der Waals surface area (Å²) in [5.74, 6) is 0.426. The molecule has 0 unspecified atom stereocenters. The molecule has 0 saturated heterocycles. The first kappa shape index (κ1) is 19.5. The maximum absolute atomic E-state index is 9.31. The van der Waals surface area contributed by atoms with E-state index in [9.17, 15) is 1.37 Å². The number of para-hydroxylation sites is 1. The number of thiophene rings is 1. The van der Waals surface area contributed by atoms with Crippen LogP contribution < -0.4 is 0 Å². The topological polar surface area (TPSA) is 51.8 Å². The number of hydrogen-bond donors (Lipinski definition) is 0. The highest BCUT2D eigenvalue weighted by Crippen LogP contribution is 2.43. The predicted octanol–water partition coefficient (Wildman–Crippen LogP) is 12.5. The summed E-state index contributed by atoms with van der Waals surface area (Å²) < 4.78 is 103. The van der Waals surface area contributed by atoms with E-state index >= 15 is 0 Å². The molecule has 3 aromatic heterocycles. The van der Waals surface area contributed by atoms with Crippen LogP contribution in [0.5, 0.6) is 0 Å². The van der Waals surface area contributed by atoms with Crippen molar-refractivity contribution in [2.24, 2.45) is 0 Å². The van der Waals surface area contributed by atoms with Crippen molar-refractivity contribution < 1.29 is 19.5 Å². The van der Waals surface area contributed by atoms with E-state index < -0.39 is 66.5 Å². The number of aromatic nitrogens is 3. The summed E-state index contributed by atoms with van der Waals surface area (Å²) in [5, 5.41) is 1.82. The monoisotopic (exact) mass is 668 g/mol. The van der Waals surface area contributed by atoms with Gasteiger partial charge in [0.15, 0.2) is 17.5 Å². The van der Waals surface area contributed by atoms with Gasteiger partial charge in [-0.1, -0.05) is 139 Å². The summed E-state index contributed by atoms with van der Waals surface area (Å²) in [6, 6.07) is 24.7. The Morgan fingerprint density at radius 2 is 1.02 bits per heavy atom. The number of fused-ring (bicyclic) bond motifs is 6. The third kappa shape index (κ3) is 4.79. The first-order valence-electron chi connectivity index (χ1n) is 21.2. The molecule has 0 amide bonds. The Morgan fingerprint density at radius 3 is 1.82 bits per heavy atom. The minimum atomic E-state index is -0.641. The Hall–Kier alpha value is -6.43. The number of hydrogen-bond acceptors (Lipinski definition) is 5. The number of furan rings is 1. The molecule has 0 atom stereocenters. The summed E-state index contributed by atoms with van der Waals surface area (Å²) >= 11 is 0.921. The summed E-state index contributed by atoms with van der Waals surface area (Å²) in [5.41, 5.74) is 3.95. The van der Waals surface area contributed by atoms with Crippen molar-refractivity contribution in [3.05, 3.63) is 164 Å². The van der Waals surface area contributed by atoms with Crippen LogP contribution in [-0.2, 0) is 0 Å². The Labute approximate surface area is 307 Å². The van der Waals surface area contributed by atoms with Gasteiger partial charge in [0.1, 0.15) is 11.2 Å². The smallest absolute Gasteiger partial charge is 0.165 e. The van der Waals surface area contributed by atoms with Crippen LogP contribution in [0.3, 0.4) is 0 Å². The lowest BCUT2D eigenvalue weighted by Crippen LogP contribution is -2.00. The molecule has 234 valence electrons. The van der Waals surface area contributed by atoms with Gasteiger partial charge in [-0.05, 0) is 46.5 Å². The van der Waals surface area contributed by atoms with Gasteiger partial charge in [0.2, 0.25) is 0 Å². The summed E-state index contributed by atoms with van der Waals surface area (Å²) in [6.45, 7) is 0. The van der Waals surface area contributed by atoms with E-state index in [0.29, 0.717) is 22.3 Å². The Kier molecular flexibility index (Phi) is 4.54. The van der Waals surface area contributed by atoms with Crippen molar-refractivity contribution in [3.8, 4) is 56.4 Å². The van der Waals surface area contributed by atoms with Crippen LogP contribution in [0.15, 0.2) is 168 Å². The lowest BCUT2D eigenvalue weighted by molar-refractivity contribution is 0.669.